The Hall–Kier alpha value is -0.850. The first-order valence-electron chi connectivity index (χ1n) is 5.85. The van der Waals surface area contributed by atoms with E-state index >= 15 is 0 Å². The number of carbonyl (C=O) groups excluding carboxylic acids is 1. The molecule has 3 nitrogen and oxygen atoms in total. The van der Waals surface area contributed by atoms with Crippen molar-refractivity contribution in [3.8, 4) is 0 Å². The SMILES string of the molecule is CC(C)(C)N1CCC(=O)Nc2cc(I)c(F)cc21. The Kier molecular flexibility index (Phi) is 3.53. The third-order valence-electron chi connectivity index (χ3n) is 2.98. The first-order chi connectivity index (χ1) is 8.29. The largest absolute Gasteiger partial charge is 0.364 e. The van der Waals surface area contributed by atoms with E-state index in [-0.39, 0.29) is 17.3 Å². The number of nitrogens with one attached hydrogen (secondary N) is 1. The van der Waals surface area contributed by atoms with Crippen LogP contribution in [0, 0.1) is 9.39 Å². The second-order valence-electron chi connectivity index (χ2n) is 5.40. The molecule has 0 aromatic heterocycles. The van der Waals surface area contributed by atoms with Crippen LogP contribution in [-0.2, 0) is 4.79 Å². The zero-order chi connectivity index (χ0) is 13.5. The predicted molar refractivity (Wildman–Crippen MR) is 79.5 cm³/mol. The lowest BCUT2D eigenvalue weighted by Crippen LogP contribution is -2.42. The normalized spacial score (nSPS) is 16.1. The zero-order valence-electron chi connectivity index (χ0n) is 10.7. The van der Waals surface area contributed by atoms with Gasteiger partial charge in [-0.1, -0.05) is 0 Å². The molecule has 1 amide bonds. The van der Waals surface area contributed by atoms with Crippen LogP contribution in [0.5, 0.6) is 0 Å². The number of halogens is 2. The Balaban J connectivity index is 2.57. The van der Waals surface area contributed by atoms with E-state index in [2.05, 4.69) is 31.0 Å². The summed E-state index contributed by atoms with van der Waals surface area (Å²) in [5.41, 5.74) is 1.30. The fourth-order valence-electron chi connectivity index (χ4n) is 2.10. The first-order valence-corrected chi connectivity index (χ1v) is 6.93. The highest BCUT2D eigenvalue weighted by Crippen LogP contribution is 2.35. The molecule has 0 bridgehead atoms. The number of anilines is 2. The van der Waals surface area contributed by atoms with Gasteiger partial charge < -0.3 is 10.2 Å². The Labute approximate surface area is 120 Å². The molecule has 0 saturated carbocycles. The minimum atomic E-state index is -0.250. The molecule has 1 aromatic rings. The smallest absolute Gasteiger partial charge is 0.226 e. The summed E-state index contributed by atoms with van der Waals surface area (Å²) < 4.78 is 14.3. The van der Waals surface area contributed by atoms with E-state index in [0.717, 1.165) is 5.69 Å². The number of hydrogen-bond acceptors (Lipinski definition) is 2. The van der Waals surface area contributed by atoms with Gasteiger partial charge >= 0.3 is 0 Å². The van der Waals surface area contributed by atoms with E-state index < -0.39 is 0 Å². The van der Waals surface area contributed by atoms with Crippen molar-refractivity contribution in [2.75, 3.05) is 16.8 Å². The average molecular weight is 362 g/mol. The molecule has 0 aliphatic carbocycles. The molecule has 98 valence electrons. The molecule has 1 aromatic carbocycles. The third-order valence-corrected chi connectivity index (χ3v) is 3.80. The van der Waals surface area contributed by atoms with Crippen LogP contribution < -0.4 is 10.2 Å². The highest BCUT2D eigenvalue weighted by Gasteiger charge is 2.28. The summed E-state index contributed by atoms with van der Waals surface area (Å²) in [6.45, 7) is 6.77. The van der Waals surface area contributed by atoms with Crippen LogP contribution in [-0.4, -0.2) is 18.0 Å². The van der Waals surface area contributed by atoms with Gasteiger partial charge in [0.2, 0.25) is 5.91 Å². The molecule has 2 rings (SSSR count). The standard InChI is InChI=1S/C13H16FIN2O/c1-13(2,3)17-5-4-12(18)16-10-7-9(15)8(14)6-11(10)17/h6-7H,4-5H2,1-3H3,(H,16,18). The predicted octanol–water partition coefficient (Wildman–Crippen LogP) is 3.38. The number of rotatable bonds is 0. The minimum Gasteiger partial charge on any atom is -0.364 e. The van der Waals surface area contributed by atoms with Gasteiger partial charge in [0, 0.05) is 24.6 Å². The van der Waals surface area contributed by atoms with Crippen LogP contribution in [0.2, 0.25) is 0 Å². The van der Waals surface area contributed by atoms with Gasteiger partial charge in [-0.05, 0) is 49.4 Å². The fraction of sp³-hybridized carbons (Fsp3) is 0.462. The lowest BCUT2D eigenvalue weighted by atomic mass is 10.0. The van der Waals surface area contributed by atoms with Crippen molar-refractivity contribution in [2.45, 2.75) is 32.7 Å². The number of carbonyl (C=O) groups is 1. The van der Waals surface area contributed by atoms with Gasteiger partial charge in [0.25, 0.3) is 0 Å². The summed E-state index contributed by atoms with van der Waals surface area (Å²) in [6.07, 6.45) is 0.421. The molecule has 0 saturated heterocycles. The van der Waals surface area contributed by atoms with Crippen molar-refractivity contribution in [1.82, 2.24) is 0 Å². The summed E-state index contributed by atoms with van der Waals surface area (Å²) in [5, 5.41) is 2.84. The number of amides is 1. The topological polar surface area (TPSA) is 32.3 Å². The summed E-state index contributed by atoms with van der Waals surface area (Å²) in [6, 6.07) is 3.20. The van der Waals surface area contributed by atoms with Crippen molar-refractivity contribution < 1.29 is 9.18 Å². The fourth-order valence-corrected chi connectivity index (χ4v) is 2.57. The van der Waals surface area contributed by atoms with Crippen LogP contribution in [0.4, 0.5) is 15.8 Å². The third kappa shape index (κ3) is 2.60. The number of nitrogens with zero attached hydrogens (tertiary/aromatic N) is 1. The van der Waals surface area contributed by atoms with Gasteiger partial charge in [-0.15, -0.1) is 0 Å². The Morgan fingerprint density at radius 1 is 1.39 bits per heavy atom. The maximum Gasteiger partial charge on any atom is 0.226 e. The molecular formula is C13H16FIN2O. The van der Waals surface area contributed by atoms with Crippen molar-refractivity contribution in [3.63, 3.8) is 0 Å². The maximum absolute atomic E-state index is 13.8. The average Bonchev–Trinajstić information content (AvgIpc) is 2.37. The molecule has 0 unspecified atom stereocenters. The van der Waals surface area contributed by atoms with Gasteiger partial charge in [-0.2, -0.15) is 0 Å². The lowest BCUT2D eigenvalue weighted by Gasteiger charge is -2.37. The van der Waals surface area contributed by atoms with E-state index in [4.69, 9.17) is 0 Å². The maximum atomic E-state index is 13.8. The van der Waals surface area contributed by atoms with Crippen LogP contribution in [0.15, 0.2) is 12.1 Å². The van der Waals surface area contributed by atoms with Gasteiger partial charge in [-0.25, -0.2) is 4.39 Å². The van der Waals surface area contributed by atoms with Crippen LogP contribution >= 0.6 is 22.6 Å². The molecule has 1 N–H and O–H groups in total. The van der Waals surface area contributed by atoms with Crippen molar-refractivity contribution in [2.24, 2.45) is 0 Å². The molecule has 0 fully saturated rings. The van der Waals surface area contributed by atoms with Crippen LogP contribution in [0.1, 0.15) is 27.2 Å². The number of fused-ring (bicyclic) bond motifs is 1. The summed E-state index contributed by atoms with van der Waals surface area (Å²) in [7, 11) is 0. The minimum absolute atomic E-state index is 0.0228. The van der Waals surface area contributed by atoms with E-state index in [1.54, 1.807) is 6.07 Å². The van der Waals surface area contributed by atoms with Crippen molar-refractivity contribution in [3.05, 3.63) is 21.5 Å². The quantitative estimate of drug-likeness (QED) is 0.718. The Bertz CT molecular complexity index is 496. The number of hydrogen-bond donors (Lipinski definition) is 1. The highest BCUT2D eigenvalue weighted by molar-refractivity contribution is 14.1. The Morgan fingerprint density at radius 3 is 2.67 bits per heavy atom. The van der Waals surface area contributed by atoms with Gasteiger partial charge in [0.1, 0.15) is 5.82 Å². The summed E-state index contributed by atoms with van der Waals surface area (Å²) in [4.78, 5) is 13.7. The van der Waals surface area contributed by atoms with E-state index in [9.17, 15) is 9.18 Å². The first kappa shape index (κ1) is 13.6. The molecule has 0 radical (unpaired) electrons. The zero-order valence-corrected chi connectivity index (χ0v) is 12.8. The molecular weight excluding hydrogens is 346 g/mol. The molecule has 1 heterocycles. The molecule has 1 aliphatic rings. The molecule has 0 atom stereocenters. The highest BCUT2D eigenvalue weighted by atomic mass is 127. The second kappa shape index (κ2) is 4.68. The van der Waals surface area contributed by atoms with Crippen molar-refractivity contribution >= 4 is 39.9 Å². The number of benzene rings is 1. The van der Waals surface area contributed by atoms with Crippen molar-refractivity contribution in [1.29, 1.82) is 0 Å². The van der Waals surface area contributed by atoms with Gasteiger partial charge in [-0.3, -0.25) is 4.79 Å². The Morgan fingerprint density at radius 2 is 2.06 bits per heavy atom. The molecule has 0 spiro atoms. The lowest BCUT2D eigenvalue weighted by molar-refractivity contribution is -0.116. The van der Waals surface area contributed by atoms with E-state index in [1.807, 2.05) is 22.6 Å². The van der Waals surface area contributed by atoms with Gasteiger partial charge in [0.05, 0.1) is 14.9 Å². The monoisotopic (exact) mass is 362 g/mol. The molecule has 1 aliphatic heterocycles. The summed E-state index contributed by atoms with van der Waals surface area (Å²) in [5.74, 6) is -0.273. The molecule has 18 heavy (non-hydrogen) atoms. The van der Waals surface area contributed by atoms with E-state index in [0.29, 0.717) is 22.2 Å². The molecule has 5 heteroatoms. The van der Waals surface area contributed by atoms with E-state index in [1.165, 1.54) is 6.07 Å². The second-order valence-corrected chi connectivity index (χ2v) is 6.57. The summed E-state index contributed by atoms with van der Waals surface area (Å²) >= 11 is 1.93. The van der Waals surface area contributed by atoms with Crippen LogP contribution in [0.25, 0.3) is 0 Å². The van der Waals surface area contributed by atoms with Gasteiger partial charge in [0.15, 0.2) is 0 Å². The van der Waals surface area contributed by atoms with Crippen LogP contribution in [0.3, 0.4) is 0 Å².